The van der Waals surface area contributed by atoms with E-state index in [-0.39, 0.29) is 11.9 Å². The molecule has 1 aliphatic carbocycles. The molecular weight excluding hydrogens is 346 g/mol. The molecule has 26 heavy (non-hydrogen) atoms. The highest BCUT2D eigenvalue weighted by molar-refractivity contribution is 6.32. The monoisotopic (exact) mass is 365 g/mol. The summed E-state index contributed by atoms with van der Waals surface area (Å²) in [6.45, 7) is 4.15. The molecule has 1 amide bonds. The molecule has 0 radical (unpaired) electrons. The Balaban J connectivity index is 1.82. The molecule has 2 aromatic carbocycles. The lowest BCUT2D eigenvalue weighted by atomic mass is 10.0. The van der Waals surface area contributed by atoms with E-state index in [9.17, 15) is 4.79 Å². The molecule has 1 fully saturated rings. The predicted octanol–water partition coefficient (Wildman–Crippen LogP) is 4.70. The highest BCUT2D eigenvalue weighted by Crippen LogP contribution is 2.27. The number of carbonyl (C=O) groups is 1. The van der Waals surface area contributed by atoms with E-state index >= 15 is 0 Å². The van der Waals surface area contributed by atoms with Crippen molar-refractivity contribution in [3.8, 4) is 16.9 Å². The zero-order valence-corrected chi connectivity index (χ0v) is 15.5. The van der Waals surface area contributed by atoms with Gasteiger partial charge in [0.15, 0.2) is 0 Å². The molecule has 3 aromatic rings. The number of hydrogen-bond acceptors (Lipinski definition) is 2. The molecule has 1 aromatic heterocycles. The molecule has 4 rings (SSSR count). The number of hydrogen-bond donors (Lipinski definition) is 1. The summed E-state index contributed by atoms with van der Waals surface area (Å²) in [5.41, 5.74) is 5.36. The van der Waals surface area contributed by atoms with Crippen LogP contribution in [0.15, 0.2) is 48.5 Å². The van der Waals surface area contributed by atoms with Crippen LogP contribution in [0.5, 0.6) is 0 Å². The van der Waals surface area contributed by atoms with Gasteiger partial charge in [-0.05, 0) is 62.1 Å². The molecular formula is C21H20ClN3O. The normalized spacial score (nSPS) is 13.7. The standard InChI is InChI=1S/C21H20ClN3O/c1-13-7-8-15(11-14(13)2)18-12-20(21(26)23-16-9-10-16)25(24-18)19-6-4-3-5-17(19)22/h3-8,11-12,16H,9-10H2,1-2H3,(H,23,26). The zero-order chi connectivity index (χ0) is 18.3. The number of carbonyl (C=O) groups excluding carboxylic acids is 1. The molecule has 1 aliphatic rings. The first-order chi connectivity index (χ1) is 12.5. The lowest BCUT2D eigenvalue weighted by Gasteiger charge is -2.09. The van der Waals surface area contributed by atoms with Gasteiger partial charge in [-0.1, -0.05) is 35.9 Å². The minimum absolute atomic E-state index is 0.116. The Kier molecular flexibility index (Phi) is 4.29. The largest absolute Gasteiger partial charge is 0.348 e. The third-order valence-electron chi connectivity index (χ3n) is 4.74. The molecule has 5 heteroatoms. The average Bonchev–Trinajstić information content (AvgIpc) is 3.32. The maximum absolute atomic E-state index is 12.8. The lowest BCUT2D eigenvalue weighted by molar-refractivity contribution is 0.0943. The third-order valence-corrected chi connectivity index (χ3v) is 5.06. The molecule has 1 saturated carbocycles. The molecule has 4 nitrogen and oxygen atoms in total. The van der Waals surface area contributed by atoms with Crippen LogP contribution in [0.1, 0.15) is 34.5 Å². The van der Waals surface area contributed by atoms with Crippen LogP contribution in [-0.4, -0.2) is 21.7 Å². The number of amides is 1. The minimum Gasteiger partial charge on any atom is -0.348 e. The smallest absolute Gasteiger partial charge is 0.270 e. The minimum atomic E-state index is -0.116. The maximum atomic E-state index is 12.8. The van der Waals surface area contributed by atoms with E-state index in [2.05, 4.69) is 31.3 Å². The fraction of sp³-hybridized carbons (Fsp3) is 0.238. The topological polar surface area (TPSA) is 46.9 Å². The Labute approximate surface area is 157 Å². The Hall–Kier alpha value is -2.59. The van der Waals surface area contributed by atoms with Gasteiger partial charge in [0, 0.05) is 11.6 Å². The summed E-state index contributed by atoms with van der Waals surface area (Å²) in [6.07, 6.45) is 2.08. The highest BCUT2D eigenvalue weighted by Gasteiger charge is 2.26. The average molecular weight is 366 g/mol. The van der Waals surface area contributed by atoms with Crippen molar-refractivity contribution in [2.24, 2.45) is 0 Å². The van der Waals surface area contributed by atoms with E-state index in [0.29, 0.717) is 16.4 Å². The van der Waals surface area contributed by atoms with E-state index in [1.165, 1.54) is 11.1 Å². The number of aryl methyl sites for hydroxylation is 2. The van der Waals surface area contributed by atoms with Crippen molar-refractivity contribution >= 4 is 17.5 Å². The number of benzene rings is 2. The van der Waals surface area contributed by atoms with Gasteiger partial charge in [-0.3, -0.25) is 4.79 Å². The second-order valence-corrected chi connectivity index (χ2v) is 7.23. The van der Waals surface area contributed by atoms with Crippen molar-refractivity contribution in [2.45, 2.75) is 32.7 Å². The van der Waals surface area contributed by atoms with E-state index in [1.54, 1.807) is 10.7 Å². The van der Waals surface area contributed by atoms with Crippen molar-refractivity contribution in [3.05, 3.63) is 70.4 Å². The second kappa shape index (κ2) is 6.61. The van der Waals surface area contributed by atoms with Crippen molar-refractivity contribution in [3.63, 3.8) is 0 Å². The van der Waals surface area contributed by atoms with Crippen LogP contribution >= 0.6 is 11.6 Å². The molecule has 0 saturated heterocycles. The van der Waals surface area contributed by atoms with Crippen molar-refractivity contribution in [1.29, 1.82) is 0 Å². The van der Waals surface area contributed by atoms with E-state index < -0.39 is 0 Å². The molecule has 0 atom stereocenters. The molecule has 0 spiro atoms. The summed E-state index contributed by atoms with van der Waals surface area (Å²) in [7, 11) is 0. The first kappa shape index (κ1) is 16.9. The van der Waals surface area contributed by atoms with Gasteiger partial charge in [0.1, 0.15) is 5.69 Å². The first-order valence-electron chi connectivity index (χ1n) is 8.76. The summed E-state index contributed by atoms with van der Waals surface area (Å²) in [6, 6.07) is 15.7. The van der Waals surface area contributed by atoms with Gasteiger partial charge < -0.3 is 5.32 Å². The van der Waals surface area contributed by atoms with Gasteiger partial charge >= 0.3 is 0 Å². The maximum Gasteiger partial charge on any atom is 0.270 e. The summed E-state index contributed by atoms with van der Waals surface area (Å²) in [5, 5.41) is 8.30. The summed E-state index contributed by atoms with van der Waals surface area (Å²) in [4.78, 5) is 12.8. The summed E-state index contributed by atoms with van der Waals surface area (Å²) in [5.74, 6) is -0.116. The quantitative estimate of drug-likeness (QED) is 0.728. The molecule has 0 unspecified atom stereocenters. The van der Waals surface area contributed by atoms with Crippen molar-refractivity contribution in [2.75, 3.05) is 0 Å². The van der Waals surface area contributed by atoms with Gasteiger partial charge in [0.2, 0.25) is 0 Å². The summed E-state index contributed by atoms with van der Waals surface area (Å²) >= 11 is 6.36. The SMILES string of the molecule is Cc1ccc(-c2cc(C(=O)NC3CC3)n(-c3ccccc3Cl)n2)cc1C. The third kappa shape index (κ3) is 3.25. The number of halogens is 1. The van der Waals surface area contributed by atoms with E-state index in [4.69, 9.17) is 16.7 Å². The molecule has 132 valence electrons. The number of aromatic nitrogens is 2. The fourth-order valence-electron chi connectivity index (χ4n) is 2.88. The van der Waals surface area contributed by atoms with E-state index in [1.807, 2.05) is 30.3 Å². The number of para-hydroxylation sites is 1. The molecule has 0 bridgehead atoms. The van der Waals surface area contributed by atoms with Crippen LogP contribution in [-0.2, 0) is 0 Å². The number of nitrogens with one attached hydrogen (secondary N) is 1. The van der Waals surface area contributed by atoms with Crippen molar-refractivity contribution in [1.82, 2.24) is 15.1 Å². The Morgan fingerprint density at radius 1 is 1.12 bits per heavy atom. The van der Waals surface area contributed by atoms with Gasteiger partial charge in [-0.25, -0.2) is 4.68 Å². The van der Waals surface area contributed by atoms with Crippen LogP contribution in [0.3, 0.4) is 0 Å². The summed E-state index contributed by atoms with van der Waals surface area (Å²) < 4.78 is 1.64. The van der Waals surface area contributed by atoms with Crippen LogP contribution in [0.25, 0.3) is 16.9 Å². The van der Waals surface area contributed by atoms with Crippen LogP contribution < -0.4 is 5.32 Å². The van der Waals surface area contributed by atoms with Gasteiger partial charge in [-0.2, -0.15) is 5.10 Å². The molecule has 0 aliphatic heterocycles. The Morgan fingerprint density at radius 3 is 2.58 bits per heavy atom. The van der Waals surface area contributed by atoms with Gasteiger partial charge in [0.05, 0.1) is 16.4 Å². The Bertz CT molecular complexity index is 989. The lowest BCUT2D eigenvalue weighted by Crippen LogP contribution is -2.27. The van der Waals surface area contributed by atoms with Crippen LogP contribution in [0.2, 0.25) is 5.02 Å². The predicted molar refractivity (Wildman–Crippen MR) is 104 cm³/mol. The second-order valence-electron chi connectivity index (χ2n) is 6.82. The highest BCUT2D eigenvalue weighted by atomic mass is 35.5. The zero-order valence-electron chi connectivity index (χ0n) is 14.8. The fourth-order valence-corrected chi connectivity index (χ4v) is 3.09. The number of nitrogens with zero attached hydrogens (tertiary/aromatic N) is 2. The number of rotatable bonds is 4. The van der Waals surface area contributed by atoms with Crippen LogP contribution in [0, 0.1) is 13.8 Å². The van der Waals surface area contributed by atoms with Crippen molar-refractivity contribution < 1.29 is 4.79 Å². The molecule has 1 N–H and O–H groups in total. The first-order valence-corrected chi connectivity index (χ1v) is 9.14. The van der Waals surface area contributed by atoms with Crippen LogP contribution in [0.4, 0.5) is 0 Å². The molecule has 1 heterocycles. The van der Waals surface area contributed by atoms with Gasteiger partial charge in [-0.15, -0.1) is 0 Å². The van der Waals surface area contributed by atoms with E-state index in [0.717, 1.165) is 24.1 Å². The Morgan fingerprint density at radius 2 is 1.88 bits per heavy atom. The van der Waals surface area contributed by atoms with Gasteiger partial charge in [0.25, 0.3) is 5.91 Å².